The third-order valence-corrected chi connectivity index (χ3v) is 6.68. The lowest BCUT2D eigenvalue weighted by Crippen LogP contribution is -2.46. The molecule has 0 amide bonds. The van der Waals surface area contributed by atoms with Crippen LogP contribution in [0.5, 0.6) is 11.5 Å². The van der Waals surface area contributed by atoms with Crippen LogP contribution in [0.4, 0.5) is 31.9 Å². The van der Waals surface area contributed by atoms with Gasteiger partial charge in [0.2, 0.25) is 5.95 Å². The lowest BCUT2D eigenvalue weighted by Gasteiger charge is -2.39. The van der Waals surface area contributed by atoms with Crippen molar-refractivity contribution in [1.29, 1.82) is 0 Å². The van der Waals surface area contributed by atoms with Crippen molar-refractivity contribution in [3.8, 4) is 11.5 Å². The summed E-state index contributed by atoms with van der Waals surface area (Å²) in [6, 6.07) is 9.58. The van der Waals surface area contributed by atoms with E-state index in [1.807, 2.05) is 18.2 Å². The Morgan fingerprint density at radius 3 is 2.64 bits per heavy atom. The standard InChI is InChI=1S/C26H30F2N6O2/c1-34(2)19-12-20(13-19)36-22-5-4-17(11-23(22)35-3)32-25-29-9-7-24(33-25)31-18-10-16-14-26(27,28)8-6-21(16)30-15-18/h4-5,7,9-11,15,19-20H,6,8,12-14H2,1-3H3,(H2,29,31,32,33). The predicted octanol–water partition coefficient (Wildman–Crippen LogP) is 4.96. The molecule has 0 spiro atoms. The zero-order chi connectivity index (χ0) is 25.3. The van der Waals surface area contributed by atoms with E-state index in [0.717, 1.165) is 24.2 Å². The Balaban J connectivity index is 1.25. The minimum absolute atomic E-state index is 0.157. The number of ether oxygens (including phenoxy) is 2. The van der Waals surface area contributed by atoms with E-state index in [1.165, 1.54) is 0 Å². The third kappa shape index (κ3) is 5.48. The van der Waals surface area contributed by atoms with Gasteiger partial charge in [0.25, 0.3) is 5.92 Å². The Morgan fingerprint density at radius 1 is 1.03 bits per heavy atom. The van der Waals surface area contributed by atoms with Gasteiger partial charge in [0.1, 0.15) is 11.9 Å². The predicted molar refractivity (Wildman–Crippen MR) is 134 cm³/mol. The summed E-state index contributed by atoms with van der Waals surface area (Å²) in [4.78, 5) is 15.4. The zero-order valence-electron chi connectivity index (χ0n) is 20.6. The number of rotatable bonds is 8. The number of hydrogen-bond acceptors (Lipinski definition) is 8. The van der Waals surface area contributed by atoms with E-state index in [1.54, 1.807) is 31.6 Å². The molecule has 0 aliphatic heterocycles. The topological polar surface area (TPSA) is 84.4 Å². The maximum absolute atomic E-state index is 13.8. The molecule has 36 heavy (non-hydrogen) atoms. The van der Waals surface area contributed by atoms with Crippen molar-refractivity contribution >= 4 is 23.1 Å². The quantitative estimate of drug-likeness (QED) is 0.453. The van der Waals surface area contributed by atoms with Crippen LogP contribution in [0, 0.1) is 0 Å². The number of halogens is 2. The summed E-state index contributed by atoms with van der Waals surface area (Å²) in [6.07, 6.45) is 5.26. The fourth-order valence-corrected chi connectivity index (χ4v) is 4.50. The highest BCUT2D eigenvalue weighted by atomic mass is 19.3. The van der Waals surface area contributed by atoms with Gasteiger partial charge in [-0.25, -0.2) is 13.8 Å². The second-order valence-corrected chi connectivity index (χ2v) is 9.57. The SMILES string of the molecule is COc1cc(Nc2nccc(Nc3cnc4c(c3)CC(F)(F)CC4)n2)ccc1OC1CC(N(C)C)C1. The van der Waals surface area contributed by atoms with Crippen molar-refractivity contribution in [3.05, 3.63) is 54.0 Å². The fourth-order valence-electron chi connectivity index (χ4n) is 4.50. The van der Waals surface area contributed by atoms with Crippen LogP contribution in [0.3, 0.4) is 0 Å². The number of fused-ring (bicyclic) bond motifs is 1. The van der Waals surface area contributed by atoms with Gasteiger partial charge in [0, 0.05) is 42.5 Å². The molecular weight excluding hydrogens is 466 g/mol. The van der Waals surface area contributed by atoms with Gasteiger partial charge in [0.05, 0.1) is 19.0 Å². The average Bonchev–Trinajstić information content (AvgIpc) is 2.81. The summed E-state index contributed by atoms with van der Waals surface area (Å²) in [5.41, 5.74) is 2.64. The maximum Gasteiger partial charge on any atom is 0.252 e. The lowest BCUT2D eigenvalue weighted by atomic mass is 9.88. The number of alkyl halides is 2. The van der Waals surface area contributed by atoms with E-state index in [4.69, 9.17) is 9.47 Å². The third-order valence-electron chi connectivity index (χ3n) is 6.68. The molecule has 1 aromatic carbocycles. The summed E-state index contributed by atoms with van der Waals surface area (Å²) in [5, 5.41) is 6.32. The molecule has 2 aliphatic carbocycles. The smallest absolute Gasteiger partial charge is 0.252 e. The van der Waals surface area contributed by atoms with Crippen molar-refractivity contribution in [2.75, 3.05) is 31.8 Å². The number of benzene rings is 1. The molecule has 2 heterocycles. The minimum Gasteiger partial charge on any atom is -0.493 e. The zero-order valence-corrected chi connectivity index (χ0v) is 20.6. The number of aryl methyl sites for hydroxylation is 1. The van der Waals surface area contributed by atoms with Crippen molar-refractivity contribution in [3.63, 3.8) is 0 Å². The van der Waals surface area contributed by atoms with E-state index in [0.29, 0.717) is 40.6 Å². The molecule has 1 fully saturated rings. The summed E-state index contributed by atoms with van der Waals surface area (Å²) in [5.74, 6) is -0.468. The molecule has 10 heteroatoms. The highest BCUT2D eigenvalue weighted by molar-refractivity contribution is 5.62. The number of pyridine rings is 1. The molecule has 0 bridgehead atoms. The van der Waals surface area contributed by atoms with Crippen LogP contribution >= 0.6 is 0 Å². The first-order valence-electron chi connectivity index (χ1n) is 12.0. The summed E-state index contributed by atoms with van der Waals surface area (Å²) in [6.45, 7) is 0. The van der Waals surface area contributed by atoms with Crippen LogP contribution in [0.25, 0.3) is 0 Å². The van der Waals surface area contributed by atoms with E-state index in [-0.39, 0.29) is 25.4 Å². The second kappa shape index (κ2) is 9.85. The molecule has 0 unspecified atom stereocenters. The van der Waals surface area contributed by atoms with Crippen LogP contribution in [0.2, 0.25) is 0 Å². The number of hydrogen-bond donors (Lipinski definition) is 2. The lowest BCUT2D eigenvalue weighted by molar-refractivity contribution is -0.0127. The molecule has 5 rings (SSSR count). The van der Waals surface area contributed by atoms with Crippen LogP contribution in [0.15, 0.2) is 42.7 Å². The van der Waals surface area contributed by atoms with Crippen LogP contribution in [-0.4, -0.2) is 59.1 Å². The molecule has 8 nitrogen and oxygen atoms in total. The van der Waals surface area contributed by atoms with Gasteiger partial charge in [0.15, 0.2) is 11.5 Å². The number of methoxy groups -OCH3 is 1. The minimum atomic E-state index is -2.69. The Bertz CT molecular complexity index is 1230. The van der Waals surface area contributed by atoms with Gasteiger partial charge in [-0.3, -0.25) is 4.98 Å². The van der Waals surface area contributed by atoms with Gasteiger partial charge in [-0.2, -0.15) is 4.98 Å². The monoisotopic (exact) mass is 496 g/mol. The highest BCUT2D eigenvalue weighted by Crippen LogP contribution is 2.36. The van der Waals surface area contributed by atoms with Gasteiger partial charge >= 0.3 is 0 Å². The van der Waals surface area contributed by atoms with Crippen molar-refractivity contribution < 1.29 is 18.3 Å². The Hall–Kier alpha value is -3.53. The number of nitrogens with zero attached hydrogens (tertiary/aromatic N) is 4. The van der Waals surface area contributed by atoms with E-state index in [2.05, 4.69) is 44.6 Å². The average molecular weight is 497 g/mol. The number of nitrogens with one attached hydrogen (secondary N) is 2. The van der Waals surface area contributed by atoms with Crippen molar-refractivity contribution in [1.82, 2.24) is 19.9 Å². The molecule has 2 N–H and O–H groups in total. The Kier molecular flexibility index (Phi) is 6.61. The van der Waals surface area contributed by atoms with Crippen molar-refractivity contribution in [2.45, 2.75) is 50.2 Å². The van der Waals surface area contributed by atoms with Gasteiger partial charge in [-0.1, -0.05) is 0 Å². The molecule has 2 aliphatic rings. The fraction of sp³-hybridized carbons (Fsp3) is 0.423. The normalized spacial score (nSPS) is 20.3. The molecular formula is C26H30F2N6O2. The van der Waals surface area contributed by atoms with Gasteiger partial charge < -0.3 is 25.0 Å². The summed E-state index contributed by atoms with van der Waals surface area (Å²) >= 11 is 0. The Morgan fingerprint density at radius 2 is 1.86 bits per heavy atom. The molecule has 2 aromatic heterocycles. The van der Waals surface area contributed by atoms with E-state index < -0.39 is 5.92 Å². The Labute approximate surface area is 209 Å². The number of aromatic nitrogens is 3. The van der Waals surface area contributed by atoms with Crippen molar-refractivity contribution in [2.24, 2.45) is 0 Å². The molecule has 0 atom stereocenters. The highest BCUT2D eigenvalue weighted by Gasteiger charge is 2.35. The molecule has 1 saturated carbocycles. The van der Waals surface area contributed by atoms with Crippen LogP contribution in [-0.2, 0) is 12.8 Å². The van der Waals surface area contributed by atoms with E-state index >= 15 is 0 Å². The molecule has 3 aromatic rings. The van der Waals surface area contributed by atoms with Gasteiger partial charge in [-0.15, -0.1) is 0 Å². The first-order chi connectivity index (χ1) is 17.3. The first kappa shape index (κ1) is 24.2. The number of anilines is 4. The molecule has 190 valence electrons. The summed E-state index contributed by atoms with van der Waals surface area (Å²) < 4.78 is 39.3. The first-order valence-corrected chi connectivity index (χ1v) is 12.0. The summed E-state index contributed by atoms with van der Waals surface area (Å²) in [7, 11) is 5.78. The van der Waals surface area contributed by atoms with Crippen LogP contribution in [0.1, 0.15) is 30.5 Å². The van der Waals surface area contributed by atoms with Crippen LogP contribution < -0.4 is 20.1 Å². The second-order valence-electron chi connectivity index (χ2n) is 9.57. The largest absolute Gasteiger partial charge is 0.493 e. The molecule has 0 saturated heterocycles. The van der Waals surface area contributed by atoms with Gasteiger partial charge in [-0.05, 0) is 63.2 Å². The maximum atomic E-state index is 13.8. The molecule has 0 radical (unpaired) electrons. The van der Waals surface area contributed by atoms with E-state index in [9.17, 15) is 8.78 Å².